The van der Waals surface area contributed by atoms with E-state index in [1.807, 2.05) is 0 Å². The largest absolute Gasteiger partial charge is 0.275 e. The Bertz CT molecular complexity index is 99.0. The van der Waals surface area contributed by atoms with Gasteiger partial charge in [-0.2, -0.15) is 0 Å². The topological polar surface area (TPSA) is 29.5 Å². The molecule has 0 radical (unpaired) electrons. The van der Waals surface area contributed by atoms with Gasteiger partial charge in [0.15, 0.2) is 0 Å². The third-order valence-electron chi connectivity index (χ3n) is 1.07. The smallest absolute Gasteiger partial charge is 0.242 e. The molecule has 0 aromatic rings. The van der Waals surface area contributed by atoms with Gasteiger partial charge in [0.05, 0.1) is 7.11 Å². The fourth-order valence-corrected chi connectivity index (χ4v) is 0.129. The van der Waals surface area contributed by atoms with Crippen LogP contribution < -0.4 is 0 Å². The Hall–Kier alpha value is -0.570. The average Bonchev–Trinajstić information content (AvgIpc) is 2.70. The van der Waals surface area contributed by atoms with Gasteiger partial charge in [-0.15, -0.1) is 0 Å². The Labute approximate surface area is 61.9 Å². The Morgan fingerprint density at radius 1 is 1.40 bits per heavy atom. The monoisotopic (exact) mass is 145 g/mol. The van der Waals surface area contributed by atoms with Crippen LogP contribution in [0.25, 0.3) is 0 Å². The summed E-state index contributed by atoms with van der Waals surface area (Å²) in [7, 11) is 3.00. The lowest BCUT2D eigenvalue weighted by Gasteiger charge is -2.08. The van der Waals surface area contributed by atoms with E-state index in [1.54, 1.807) is 7.05 Å². The zero-order valence-corrected chi connectivity index (χ0v) is 6.89. The number of nitrogens with zero attached hydrogens (tertiary/aromatic N) is 1. The van der Waals surface area contributed by atoms with Gasteiger partial charge in [0, 0.05) is 14.0 Å². The Morgan fingerprint density at radius 3 is 1.80 bits per heavy atom. The first-order chi connectivity index (χ1) is 4.68. The summed E-state index contributed by atoms with van der Waals surface area (Å²) in [6.07, 6.45) is 4.50. The number of amides is 1. The van der Waals surface area contributed by atoms with Crippen LogP contribution in [-0.2, 0) is 9.63 Å². The predicted octanol–water partition coefficient (Wildman–Crippen LogP) is 1.20. The quantitative estimate of drug-likeness (QED) is 0.519. The van der Waals surface area contributed by atoms with E-state index in [9.17, 15) is 4.79 Å². The van der Waals surface area contributed by atoms with Crippen LogP contribution in [0.4, 0.5) is 0 Å². The van der Waals surface area contributed by atoms with E-state index in [-0.39, 0.29) is 5.91 Å². The molecule has 0 atom stereocenters. The van der Waals surface area contributed by atoms with Gasteiger partial charge in [0.1, 0.15) is 0 Å². The van der Waals surface area contributed by atoms with Gasteiger partial charge in [-0.3, -0.25) is 9.63 Å². The van der Waals surface area contributed by atoms with Crippen molar-refractivity contribution in [3.05, 3.63) is 0 Å². The third kappa shape index (κ3) is 7.43. The van der Waals surface area contributed by atoms with Crippen molar-refractivity contribution in [2.45, 2.75) is 26.2 Å². The van der Waals surface area contributed by atoms with Gasteiger partial charge in [0.25, 0.3) is 0 Å². The summed E-state index contributed by atoms with van der Waals surface area (Å²) in [5.74, 6) is -0.0949. The van der Waals surface area contributed by atoms with E-state index < -0.39 is 0 Å². The minimum atomic E-state index is -0.0949. The lowest BCUT2D eigenvalue weighted by Crippen LogP contribution is -2.21. The third-order valence-corrected chi connectivity index (χ3v) is 1.07. The molecule has 0 heterocycles. The van der Waals surface area contributed by atoms with Gasteiger partial charge in [-0.05, 0) is 0 Å². The van der Waals surface area contributed by atoms with Crippen molar-refractivity contribution in [1.29, 1.82) is 0 Å². The standard InChI is InChI=1S/C4H9NO2.C3H6/c1-4(6)5(2)7-3;1-2-3-1/h1-3H3;1-3H2. The summed E-state index contributed by atoms with van der Waals surface area (Å²) in [5.41, 5.74) is 0. The molecule has 1 aliphatic carbocycles. The predicted molar refractivity (Wildman–Crippen MR) is 39.3 cm³/mol. The zero-order chi connectivity index (χ0) is 7.98. The van der Waals surface area contributed by atoms with E-state index >= 15 is 0 Å². The molecule has 0 aromatic heterocycles. The highest BCUT2D eigenvalue weighted by Gasteiger charge is 1.95. The molecule has 0 aromatic carbocycles. The molecule has 0 aliphatic heterocycles. The summed E-state index contributed by atoms with van der Waals surface area (Å²) < 4.78 is 0. The SMILES string of the molecule is C1CC1.CON(C)C(C)=O. The summed E-state index contributed by atoms with van der Waals surface area (Å²) in [4.78, 5) is 14.7. The van der Waals surface area contributed by atoms with Gasteiger partial charge < -0.3 is 0 Å². The molecule has 10 heavy (non-hydrogen) atoms. The highest BCUT2D eigenvalue weighted by molar-refractivity contribution is 5.71. The Kier molecular flexibility index (Phi) is 4.94. The summed E-state index contributed by atoms with van der Waals surface area (Å²) in [6.45, 7) is 1.43. The molecule has 3 heteroatoms. The number of hydrogen-bond donors (Lipinski definition) is 0. The second kappa shape index (κ2) is 5.23. The van der Waals surface area contributed by atoms with Crippen LogP contribution in [0.1, 0.15) is 26.2 Å². The number of carbonyl (C=O) groups excluding carboxylic acids is 1. The normalized spacial score (nSPS) is 13.1. The van der Waals surface area contributed by atoms with E-state index in [1.165, 1.54) is 33.3 Å². The van der Waals surface area contributed by atoms with Gasteiger partial charge in [-0.25, -0.2) is 5.06 Å². The molecule has 1 aliphatic rings. The first-order valence-corrected chi connectivity index (χ1v) is 3.47. The molecule has 1 rings (SSSR count). The van der Waals surface area contributed by atoms with Crippen molar-refractivity contribution in [1.82, 2.24) is 5.06 Å². The van der Waals surface area contributed by atoms with Gasteiger partial charge in [-0.1, -0.05) is 19.3 Å². The fraction of sp³-hybridized carbons (Fsp3) is 0.857. The van der Waals surface area contributed by atoms with E-state index in [0.717, 1.165) is 5.06 Å². The molecule has 1 fully saturated rings. The van der Waals surface area contributed by atoms with Crippen molar-refractivity contribution in [3.63, 3.8) is 0 Å². The molecular formula is C7H15NO2. The van der Waals surface area contributed by atoms with Crippen LogP contribution in [0.3, 0.4) is 0 Å². The zero-order valence-electron chi connectivity index (χ0n) is 6.89. The van der Waals surface area contributed by atoms with Gasteiger partial charge in [0.2, 0.25) is 5.91 Å². The highest BCUT2D eigenvalue weighted by Crippen LogP contribution is 2.14. The molecule has 0 spiro atoms. The summed E-state index contributed by atoms with van der Waals surface area (Å²) in [5, 5.41) is 1.15. The lowest BCUT2D eigenvalue weighted by molar-refractivity contribution is -0.165. The molecule has 1 saturated carbocycles. The Morgan fingerprint density at radius 2 is 1.80 bits per heavy atom. The minimum Gasteiger partial charge on any atom is -0.275 e. The van der Waals surface area contributed by atoms with Crippen molar-refractivity contribution in [2.75, 3.05) is 14.2 Å². The van der Waals surface area contributed by atoms with Crippen LogP contribution in [0.15, 0.2) is 0 Å². The van der Waals surface area contributed by atoms with Gasteiger partial charge >= 0.3 is 0 Å². The summed E-state index contributed by atoms with van der Waals surface area (Å²) in [6, 6.07) is 0. The number of hydrogen-bond acceptors (Lipinski definition) is 2. The maximum atomic E-state index is 10.2. The molecule has 0 N–H and O–H groups in total. The second-order valence-electron chi connectivity index (χ2n) is 2.26. The first-order valence-electron chi connectivity index (χ1n) is 3.47. The molecule has 3 nitrogen and oxygen atoms in total. The van der Waals surface area contributed by atoms with Crippen molar-refractivity contribution in [3.8, 4) is 0 Å². The van der Waals surface area contributed by atoms with Crippen LogP contribution in [-0.4, -0.2) is 25.1 Å². The minimum absolute atomic E-state index is 0.0949. The lowest BCUT2D eigenvalue weighted by atomic mass is 10.7. The fourth-order valence-electron chi connectivity index (χ4n) is 0.129. The van der Waals surface area contributed by atoms with E-state index in [0.29, 0.717) is 0 Å². The first kappa shape index (κ1) is 9.43. The molecule has 0 bridgehead atoms. The molecule has 0 unspecified atom stereocenters. The highest BCUT2D eigenvalue weighted by atomic mass is 16.7. The maximum absolute atomic E-state index is 10.2. The number of rotatable bonds is 1. The maximum Gasteiger partial charge on any atom is 0.242 e. The van der Waals surface area contributed by atoms with Crippen molar-refractivity contribution < 1.29 is 9.63 Å². The average molecular weight is 145 g/mol. The van der Waals surface area contributed by atoms with E-state index in [2.05, 4.69) is 4.84 Å². The Balaban J connectivity index is 0.000000219. The van der Waals surface area contributed by atoms with Crippen LogP contribution in [0.5, 0.6) is 0 Å². The molecule has 1 amide bonds. The van der Waals surface area contributed by atoms with Crippen LogP contribution in [0, 0.1) is 0 Å². The van der Waals surface area contributed by atoms with Crippen LogP contribution in [0.2, 0.25) is 0 Å². The van der Waals surface area contributed by atoms with Crippen molar-refractivity contribution >= 4 is 5.91 Å². The second-order valence-corrected chi connectivity index (χ2v) is 2.26. The number of hydroxylamine groups is 2. The molecule has 60 valence electrons. The van der Waals surface area contributed by atoms with E-state index in [4.69, 9.17) is 0 Å². The van der Waals surface area contributed by atoms with Crippen molar-refractivity contribution in [2.24, 2.45) is 0 Å². The molecular weight excluding hydrogens is 130 g/mol. The molecule has 0 saturated heterocycles. The van der Waals surface area contributed by atoms with Crippen LogP contribution >= 0.6 is 0 Å². The number of carbonyl (C=O) groups is 1. The summed E-state index contributed by atoms with van der Waals surface area (Å²) >= 11 is 0.